The van der Waals surface area contributed by atoms with Crippen LogP contribution in [-0.2, 0) is 13.5 Å². The molecule has 1 unspecified atom stereocenters. The van der Waals surface area contributed by atoms with Crippen molar-refractivity contribution >= 4 is 0 Å². The van der Waals surface area contributed by atoms with Gasteiger partial charge in [0, 0.05) is 12.7 Å². The molecule has 68 valence electrons. The quantitative estimate of drug-likeness (QED) is 0.725. The van der Waals surface area contributed by atoms with Crippen molar-refractivity contribution in [2.24, 2.45) is 18.7 Å². The Balaban J connectivity index is 2.68. The number of nitrogens with zero attached hydrogens (tertiary/aromatic N) is 2. The minimum Gasteiger partial charge on any atom is -0.330 e. The van der Waals surface area contributed by atoms with Crippen LogP contribution >= 0.6 is 0 Å². The van der Waals surface area contributed by atoms with Crippen LogP contribution in [0.1, 0.15) is 18.3 Å². The first-order valence-corrected chi connectivity index (χ1v) is 4.33. The highest BCUT2D eigenvalue weighted by Crippen LogP contribution is 2.07. The second-order valence-electron chi connectivity index (χ2n) is 3.45. The molecule has 12 heavy (non-hydrogen) atoms. The van der Waals surface area contributed by atoms with E-state index in [1.807, 2.05) is 18.7 Å². The molecule has 1 rings (SSSR count). The molecule has 0 aliphatic heterocycles. The molecule has 1 aromatic rings. The van der Waals surface area contributed by atoms with Gasteiger partial charge >= 0.3 is 0 Å². The Morgan fingerprint density at radius 1 is 1.67 bits per heavy atom. The lowest BCUT2D eigenvalue weighted by atomic mass is 10.1. The average Bonchev–Trinajstić information content (AvgIpc) is 2.30. The molecule has 0 bridgehead atoms. The molecule has 3 nitrogen and oxygen atoms in total. The van der Waals surface area contributed by atoms with Crippen LogP contribution in [0.5, 0.6) is 0 Å². The SMILES string of the molecule is Cc1cc(CC(C)CN)n(C)n1. The summed E-state index contributed by atoms with van der Waals surface area (Å²) >= 11 is 0. The Hall–Kier alpha value is -0.830. The molecule has 1 aromatic heterocycles. The Morgan fingerprint density at radius 2 is 2.33 bits per heavy atom. The maximum absolute atomic E-state index is 5.55. The summed E-state index contributed by atoms with van der Waals surface area (Å²) < 4.78 is 1.93. The van der Waals surface area contributed by atoms with E-state index in [1.165, 1.54) is 5.69 Å². The van der Waals surface area contributed by atoms with Crippen LogP contribution < -0.4 is 5.73 Å². The van der Waals surface area contributed by atoms with Crippen LogP contribution in [-0.4, -0.2) is 16.3 Å². The summed E-state index contributed by atoms with van der Waals surface area (Å²) in [5, 5.41) is 4.27. The summed E-state index contributed by atoms with van der Waals surface area (Å²) in [4.78, 5) is 0. The van der Waals surface area contributed by atoms with E-state index in [2.05, 4.69) is 18.1 Å². The number of rotatable bonds is 3. The molecule has 0 saturated heterocycles. The Labute approximate surface area is 73.6 Å². The van der Waals surface area contributed by atoms with Gasteiger partial charge in [0.2, 0.25) is 0 Å². The van der Waals surface area contributed by atoms with Crippen LogP contribution in [0.25, 0.3) is 0 Å². The summed E-state index contributed by atoms with van der Waals surface area (Å²) in [7, 11) is 1.98. The van der Waals surface area contributed by atoms with Crippen LogP contribution in [0, 0.1) is 12.8 Å². The van der Waals surface area contributed by atoms with Crippen molar-refractivity contribution in [1.29, 1.82) is 0 Å². The number of hydrogen-bond acceptors (Lipinski definition) is 2. The fourth-order valence-corrected chi connectivity index (χ4v) is 1.30. The van der Waals surface area contributed by atoms with E-state index in [0.29, 0.717) is 5.92 Å². The molecule has 0 amide bonds. The standard InChI is InChI=1S/C9H17N3/c1-7(6-10)4-9-5-8(2)11-12(9)3/h5,7H,4,6,10H2,1-3H3. The van der Waals surface area contributed by atoms with Crippen molar-refractivity contribution in [3.8, 4) is 0 Å². The Bertz CT molecular complexity index is 252. The molecule has 0 aromatic carbocycles. The molecule has 3 heteroatoms. The molecule has 2 N–H and O–H groups in total. The molecular weight excluding hydrogens is 150 g/mol. The maximum Gasteiger partial charge on any atom is 0.0596 e. The van der Waals surface area contributed by atoms with Gasteiger partial charge in [-0.1, -0.05) is 6.92 Å². The van der Waals surface area contributed by atoms with E-state index in [9.17, 15) is 0 Å². The van der Waals surface area contributed by atoms with Gasteiger partial charge in [-0.3, -0.25) is 4.68 Å². The molecule has 1 atom stereocenters. The monoisotopic (exact) mass is 167 g/mol. The van der Waals surface area contributed by atoms with Gasteiger partial charge in [0.15, 0.2) is 0 Å². The van der Waals surface area contributed by atoms with E-state index in [0.717, 1.165) is 18.7 Å². The third-order valence-corrected chi connectivity index (χ3v) is 2.06. The van der Waals surface area contributed by atoms with Gasteiger partial charge in [0.1, 0.15) is 0 Å². The van der Waals surface area contributed by atoms with Crippen LogP contribution in [0.15, 0.2) is 6.07 Å². The highest BCUT2D eigenvalue weighted by atomic mass is 15.3. The summed E-state index contributed by atoms with van der Waals surface area (Å²) in [6, 6.07) is 2.12. The van der Waals surface area contributed by atoms with Gasteiger partial charge in [-0.05, 0) is 31.9 Å². The molecule has 0 saturated carbocycles. The van der Waals surface area contributed by atoms with Crippen LogP contribution in [0.2, 0.25) is 0 Å². The molecule has 1 heterocycles. The lowest BCUT2D eigenvalue weighted by molar-refractivity contribution is 0.558. The van der Waals surface area contributed by atoms with Gasteiger partial charge in [0.25, 0.3) is 0 Å². The van der Waals surface area contributed by atoms with E-state index in [1.54, 1.807) is 0 Å². The maximum atomic E-state index is 5.55. The topological polar surface area (TPSA) is 43.8 Å². The van der Waals surface area contributed by atoms with Crippen LogP contribution in [0.3, 0.4) is 0 Å². The summed E-state index contributed by atoms with van der Waals surface area (Å²) in [6.07, 6.45) is 1.02. The molecular formula is C9H17N3. The zero-order valence-corrected chi connectivity index (χ0v) is 8.04. The minimum absolute atomic E-state index is 0.541. The fraction of sp³-hybridized carbons (Fsp3) is 0.667. The van der Waals surface area contributed by atoms with Crippen molar-refractivity contribution in [2.45, 2.75) is 20.3 Å². The van der Waals surface area contributed by atoms with Crippen molar-refractivity contribution in [1.82, 2.24) is 9.78 Å². The van der Waals surface area contributed by atoms with E-state index < -0.39 is 0 Å². The molecule has 0 radical (unpaired) electrons. The summed E-state index contributed by atoms with van der Waals surface area (Å²) in [5.41, 5.74) is 7.90. The van der Waals surface area contributed by atoms with Crippen molar-refractivity contribution in [3.05, 3.63) is 17.5 Å². The summed E-state index contributed by atoms with van der Waals surface area (Å²) in [5.74, 6) is 0.541. The number of hydrogen-bond donors (Lipinski definition) is 1. The minimum atomic E-state index is 0.541. The number of aromatic nitrogens is 2. The molecule has 0 aliphatic carbocycles. The van der Waals surface area contributed by atoms with Crippen molar-refractivity contribution in [3.63, 3.8) is 0 Å². The van der Waals surface area contributed by atoms with Gasteiger partial charge in [-0.25, -0.2) is 0 Å². The van der Waals surface area contributed by atoms with E-state index in [4.69, 9.17) is 5.73 Å². The smallest absolute Gasteiger partial charge is 0.0596 e. The number of aryl methyl sites for hydroxylation is 2. The van der Waals surface area contributed by atoms with Crippen LogP contribution in [0.4, 0.5) is 0 Å². The zero-order valence-electron chi connectivity index (χ0n) is 8.04. The highest BCUT2D eigenvalue weighted by molar-refractivity contribution is 5.09. The van der Waals surface area contributed by atoms with Gasteiger partial charge in [0.05, 0.1) is 5.69 Å². The van der Waals surface area contributed by atoms with E-state index in [-0.39, 0.29) is 0 Å². The Morgan fingerprint density at radius 3 is 2.75 bits per heavy atom. The predicted octanol–water partition coefficient (Wildman–Crippen LogP) is 0.866. The lowest BCUT2D eigenvalue weighted by Gasteiger charge is -2.07. The predicted molar refractivity (Wildman–Crippen MR) is 49.9 cm³/mol. The Kier molecular flexibility index (Phi) is 2.87. The largest absolute Gasteiger partial charge is 0.330 e. The average molecular weight is 167 g/mol. The number of nitrogens with two attached hydrogens (primary N) is 1. The second-order valence-corrected chi connectivity index (χ2v) is 3.45. The van der Waals surface area contributed by atoms with Gasteiger partial charge in [-0.15, -0.1) is 0 Å². The molecule has 0 fully saturated rings. The molecule has 0 aliphatic rings. The molecule has 0 spiro atoms. The highest BCUT2D eigenvalue weighted by Gasteiger charge is 2.05. The van der Waals surface area contributed by atoms with Crippen molar-refractivity contribution in [2.75, 3.05) is 6.54 Å². The lowest BCUT2D eigenvalue weighted by Crippen LogP contribution is -2.14. The first-order valence-electron chi connectivity index (χ1n) is 4.33. The van der Waals surface area contributed by atoms with Crippen molar-refractivity contribution < 1.29 is 0 Å². The normalized spacial score (nSPS) is 13.3. The fourth-order valence-electron chi connectivity index (χ4n) is 1.30. The second kappa shape index (κ2) is 3.72. The first-order chi connectivity index (χ1) is 5.63. The van der Waals surface area contributed by atoms with Gasteiger partial charge < -0.3 is 5.73 Å². The van der Waals surface area contributed by atoms with Gasteiger partial charge in [-0.2, -0.15) is 5.10 Å². The zero-order chi connectivity index (χ0) is 9.14. The van der Waals surface area contributed by atoms with E-state index >= 15 is 0 Å². The third kappa shape index (κ3) is 2.08. The summed E-state index contributed by atoms with van der Waals surface area (Å²) in [6.45, 7) is 4.91. The first kappa shape index (κ1) is 9.26. The third-order valence-electron chi connectivity index (χ3n) is 2.06.